The summed E-state index contributed by atoms with van der Waals surface area (Å²) in [5, 5.41) is 0. The molecule has 0 saturated heterocycles. The van der Waals surface area contributed by atoms with Gasteiger partial charge < -0.3 is 5.73 Å². The number of nitrogens with two attached hydrogens (primary N) is 1. The summed E-state index contributed by atoms with van der Waals surface area (Å²) in [7, 11) is 0. The minimum Gasteiger partial charge on any atom is -0.329 e. The zero-order chi connectivity index (χ0) is 13.5. The Kier molecular flexibility index (Phi) is 3.18. The minimum atomic E-state index is 0.209. The highest BCUT2D eigenvalue weighted by molar-refractivity contribution is 5.30. The van der Waals surface area contributed by atoms with Crippen LogP contribution < -0.4 is 5.73 Å². The summed E-state index contributed by atoms with van der Waals surface area (Å²) in [6, 6.07) is 8.89. The van der Waals surface area contributed by atoms with E-state index >= 15 is 0 Å². The van der Waals surface area contributed by atoms with E-state index in [1.165, 1.54) is 36.8 Å². The molecule has 1 aliphatic heterocycles. The van der Waals surface area contributed by atoms with E-state index in [-0.39, 0.29) is 5.54 Å². The van der Waals surface area contributed by atoms with Gasteiger partial charge in [-0.15, -0.1) is 0 Å². The van der Waals surface area contributed by atoms with Gasteiger partial charge in [0.2, 0.25) is 0 Å². The number of hydrogen-bond acceptors (Lipinski definition) is 2. The maximum absolute atomic E-state index is 6.25. The molecule has 1 saturated carbocycles. The second kappa shape index (κ2) is 4.60. The van der Waals surface area contributed by atoms with Gasteiger partial charge in [0.05, 0.1) is 0 Å². The molecule has 19 heavy (non-hydrogen) atoms. The average Bonchev–Trinajstić information content (AvgIpc) is 2.74. The number of benzene rings is 1. The lowest BCUT2D eigenvalue weighted by atomic mass is 9.72. The first-order chi connectivity index (χ1) is 9.09. The Labute approximate surface area is 117 Å². The van der Waals surface area contributed by atoms with E-state index in [0.717, 1.165) is 19.6 Å². The molecule has 1 aromatic carbocycles. The summed E-state index contributed by atoms with van der Waals surface area (Å²) in [5.41, 5.74) is 9.84. The largest absolute Gasteiger partial charge is 0.329 e. The monoisotopic (exact) mass is 258 g/mol. The van der Waals surface area contributed by atoms with E-state index in [0.29, 0.717) is 5.41 Å². The van der Waals surface area contributed by atoms with Gasteiger partial charge in [-0.3, -0.25) is 4.90 Å². The van der Waals surface area contributed by atoms with Crippen LogP contribution in [0.25, 0.3) is 0 Å². The average molecular weight is 258 g/mol. The highest BCUT2D eigenvalue weighted by Crippen LogP contribution is 2.50. The molecule has 1 aliphatic carbocycles. The lowest BCUT2D eigenvalue weighted by Gasteiger charge is -2.51. The van der Waals surface area contributed by atoms with Crippen molar-refractivity contribution in [1.82, 2.24) is 4.90 Å². The first-order valence-electron chi connectivity index (χ1n) is 7.61. The van der Waals surface area contributed by atoms with Crippen molar-refractivity contribution in [2.45, 2.75) is 51.6 Å². The molecule has 2 heteroatoms. The van der Waals surface area contributed by atoms with Crippen LogP contribution in [-0.4, -0.2) is 23.5 Å². The van der Waals surface area contributed by atoms with Crippen LogP contribution in [0.2, 0.25) is 0 Å². The molecule has 2 N–H and O–H groups in total. The summed E-state index contributed by atoms with van der Waals surface area (Å²) in [6.45, 7) is 7.86. The van der Waals surface area contributed by atoms with Crippen LogP contribution >= 0.6 is 0 Å². The lowest BCUT2D eigenvalue weighted by molar-refractivity contribution is 0.00226. The first-order valence-corrected chi connectivity index (χ1v) is 7.61. The van der Waals surface area contributed by atoms with Gasteiger partial charge in [0.15, 0.2) is 0 Å². The van der Waals surface area contributed by atoms with Crippen molar-refractivity contribution in [3.63, 3.8) is 0 Å². The number of rotatable bonds is 2. The second-order valence-electron chi connectivity index (χ2n) is 6.91. The Balaban J connectivity index is 1.91. The zero-order valence-electron chi connectivity index (χ0n) is 12.3. The molecule has 1 atom stereocenters. The van der Waals surface area contributed by atoms with Crippen molar-refractivity contribution in [3.05, 3.63) is 35.4 Å². The summed E-state index contributed by atoms with van der Waals surface area (Å²) < 4.78 is 0. The Morgan fingerprint density at radius 3 is 2.53 bits per heavy atom. The molecule has 1 unspecified atom stereocenters. The van der Waals surface area contributed by atoms with Crippen LogP contribution in [0.5, 0.6) is 0 Å². The topological polar surface area (TPSA) is 29.3 Å². The Bertz CT molecular complexity index is 466. The predicted octanol–water partition coefficient (Wildman–Crippen LogP) is 2.95. The fourth-order valence-electron chi connectivity index (χ4n) is 4.35. The van der Waals surface area contributed by atoms with Crippen LogP contribution in [0.4, 0.5) is 0 Å². The number of hydrogen-bond donors (Lipinski definition) is 1. The van der Waals surface area contributed by atoms with E-state index in [9.17, 15) is 0 Å². The maximum Gasteiger partial charge on any atom is 0.0386 e. The van der Waals surface area contributed by atoms with Crippen LogP contribution in [-0.2, 0) is 13.0 Å². The molecule has 2 aliphatic rings. The van der Waals surface area contributed by atoms with Gasteiger partial charge in [0, 0.05) is 25.2 Å². The third-order valence-electron chi connectivity index (χ3n) is 5.73. The molecular weight excluding hydrogens is 232 g/mol. The van der Waals surface area contributed by atoms with Crippen LogP contribution in [0, 0.1) is 5.41 Å². The minimum absolute atomic E-state index is 0.209. The molecule has 0 spiro atoms. The van der Waals surface area contributed by atoms with Gasteiger partial charge in [-0.2, -0.15) is 0 Å². The molecule has 0 radical (unpaired) electrons. The van der Waals surface area contributed by atoms with Gasteiger partial charge in [0.1, 0.15) is 0 Å². The first kappa shape index (κ1) is 13.1. The van der Waals surface area contributed by atoms with Crippen molar-refractivity contribution in [3.8, 4) is 0 Å². The Morgan fingerprint density at radius 1 is 1.16 bits per heavy atom. The molecule has 0 aromatic heterocycles. The third-order valence-corrected chi connectivity index (χ3v) is 5.73. The number of fused-ring (bicyclic) bond motifs is 1. The fraction of sp³-hybridized carbons (Fsp3) is 0.647. The quantitative estimate of drug-likeness (QED) is 0.883. The molecular formula is C17H26N2. The molecule has 2 nitrogen and oxygen atoms in total. The highest BCUT2D eigenvalue weighted by atomic mass is 15.2. The van der Waals surface area contributed by atoms with Gasteiger partial charge >= 0.3 is 0 Å². The molecule has 1 aromatic rings. The molecule has 1 heterocycles. The molecule has 3 rings (SSSR count). The van der Waals surface area contributed by atoms with Crippen molar-refractivity contribution >= 4 is 0 Å². The van der Waals surface area contributed by atoms with Crippen LogP contribution in [0.15, 0.2) is 24.3 Å². The van der Waals surface area contributed by atoms with Crippen LogP contribution in [0.3, 0.4) is 0 Å². The van der Waals surface area contributed by atoms with Crippen molar-refractivity contribution in [2.75, 3.05) is 13.1 Å². The number of nitrogens with zero attached hydrogens (tertiary/aromatic N) is 1. The van der Waals surface area contributed by atoms with Crippen LogP contribution in [0.1, 0.15) is 44.2 Å². The second-order valence-corrected chi connectivity index (χ2v) is 6.91. The summed E-state index contributed by atoms with van der Waals surface area (Å²) in [5.74, 6) is 0. The maximum atomic E-state index is 6.25. The van der Waals surface area contributed by atoms with E-state index in [2.05, 4.69) is 43.0 Å². The van der Waals surface area contributed by atoms with Gasteiger partial charge in [0.25, 0.3) is 0 Å². The molecule has 1 fully saturated rings. The summed E-state index contributed by atoms with van der Waals surface area (Å²) in [6.07, 6.45) is 5.07. The predicted molar refractivity (Wildman–Crippen MR) is 80.0 cm³/mol. The third kappa shape index (κ3) is 1.93. The summed E-state index contributed by atoms with van der Waals surface area (Å²) in [4.78, 5) is 2.68. The van der Waals surface area contributed by atoms with Crippen molar-refractivity contribution in [2.24, 2.45) is 11.1 Å². The van der Waals surface area contributed by atoms with Crippen molar-refractivity contribution in [1.29, 1.82) is 0 Å². The molecule has 0 bridgehead atoms. The SMILES string of the molecule is CC1(C)CCCC1(CN)N1CCc2ccccc2C1. The summed E-state index contributed by atoms with van der Waals surface area (Å²) >= 11 is 0. The fourth-order valence-corrected chi connectivity index (χ4v) is 4.35. The Hall–Kier alpha value is -0.860. The van der Waals surface area contributed by atoms with E-state index in [1.807, 2.05) is 0 Å². The van der Waals surface area contributed by atoms with E-state index in [1.54, 1.807) is 0 Å². The van der Waals surface area contributed by atoms with Gasteiger partial charge in [-0.25, -0.2) is 0 Å². The van der Waals surface area contributed by atoms with E-state index < -0.39 is 0 Å². The Morgan fingerprint density at radius 2 is 1.89 bits per heavy atom. The zero-order valence-corrected chi connectivity index (χ0v) is 12.3. The highest BCUT2D eigenvalue weighted by Gasteiger charge is 2.51. The van der Waals surface area contributed by atoms with Crippen molar-refractivity contribution < 1.29 is 0 Å². The smallest absolute Gasteiger partial charge is 0.0386 e. The molecule has 104 valence electrons. The van der Waals surface area contributed by atoms with E-state index in [4.69, 9.17) is 5.73 Å². The standard InChI is InChI=1S/C17H26N2/c1-16(2)9-5-10-17(16,13-18)19-11-8-14-6-3-4-7-15(14)12-19/h3-4,6-7H,5,8-13,18H2,1-2H3. The molecule has 0 amide bonds. The van der Waals surface area contributed by atoms with Gasteiger partial charge in [-0.05, 0) is 35.8 Å². The normalized spacial score (nSPS) is 30.3. The lowest BCUT2D eigenvalue weighted by Crippen LogP contribution is -2.60. The van der Waals surface area contributed by atoms with Gasteiger partial charge in [-0.1, -0.05) is 44.5 Å².